The van der Waals surface area contributed by atoms with Crippen molar-refractivity contribution in [2.24, 2.45) is 5.14 Å². The van der Waals surface area contributed by atoms with E-state index in [4.69, 9.17) is 19.1 Å². The molecule has 2 N–H and O–H groups in total. The normalized spacial score (nSPS) is 11.8. The molecule has 4 aromatic rings. The minimum Gasteiger partial charge on any atom is -0.497 e. The van der Waals surface area contributed by atoms with Gasteiger partial charge in [0.05, 0.1) is 41.5 Å². The van der Waals surface area contributed by atoms with Crippen LogP contribution in [0.15, 0.2) is 51.0 Å². The standard InChI is InChI=1S/C20H21N5O5S2/c1-4-25-16-8-6-13(32(21,26)27)10-15(16)22-20(25)31-11-18-23-19(24-30-18)14-7-5-12(28-2)9-17(14)29-3/h5-10H,4,11H2,1-3H3,(H2,21,26,27). The molecule has 2 aromatic heterocycles. The van der Waals surface area contributed by atoms with Crippen LogP contribution in [0.5, 0.6) is 11.5 Å². The lowest BCUT2D eigenvalue weighted by Crippen LogP contribution is -2.11. The number of benzene rings is 2. The molecule has 0 aliphatic carbocycles. The molecule has 0 saturated heterocycles. The van der Waals surface area contributed by atoms with Gasteiger partial charge in [-0.3, -0.25) is 0 Å². The molecule has 0 bridgehead atoms. The highest BCUT2D eigenvalue weighted by atomic mass is 32.2. The molecule has 0 unspecified atom stereocenters. The molecule has 0 atom stereocenters. The van der Waals surface area contributed by atoms with E-state index in [-0.39, 0.29) is 4.90 Å². The summed E-state index contributed by atoms with van der Waals surface area (Å²) in [6.07, 6.45) is 0. The van der Waals surface area contributed by atoms with E-state index in [0.29, 0.717) is 51.7 Å². The van der Waals surface area contributed by atoms with Gasteiger partial charge in [0, 0.05) is 12.6 Å². The van der Waals surface area contributed by atoms with Crippen LogP contribution in [-0.4, -0.2) is 42.3 Å². The number of imidazole rings is 1. The topological polar surface area (TPSA) is 135 Å². The zero-order chi connectivity index (χ0) is 22.9. The molecular formula is C20H21N5O5S2. The number of hydrogen-bond donors (Lipinski definition) is 1. The third-order valence-electron chi connectivity index (χ3n) is 4.77. The molecule has 2 aromatic carbocycles. The van der Waals surface area contributed by atoms with Crippen LogP contribution in [0.25, 0.3) is 22.4 Å². The second kappa shape index (κ2) is 8.81. The Balaban J connectivity index is 1.58. The Hall–Kier alpha value is -3.09. The number of methoxy groups -OCH3 is 2. The van der Waals surface area contributed by atoms with Crippen molar-refractivity contribution in [2.45, 2.75) is 29.3 Å². The highest BCUT2D eigenvalue weighted by Gasteiger charge is 2.17. The molecule has 2 heterocycles. The maximum atomic E-state index is 11.6. The molecule has 0 radical (unpaired) electrons. The SMILES string of the molecule is CCn1c(SCc2nc(-c3ccc(OC)cc3OC)no2)nc2cc(S(N)(=O)=O)ccc21. The first-order chi connectivity index (χ1) is 15.3. The van der Waals surface area contributed by atoms with E-state index in [9.17, 15) is 8.42 Å². The van der Waals surface area contributed by atoms with Crippen LogP contribution >= 0.6 is 11.8 Å². The molecule has 0 spiro atoms. The van der Waals surface area contributed by atoms with Crippen molar-refractivity contribution in [3.63, 3.8) is 0 Å². The average molecular weight is 476 g/mol. The molecule has 12 heteroatoms. The Labute approximate surface area is 188 Å². The van der Waals surface area contributed by atoms with Crippen LogP contribution < -0.4 is 14.6 Å². The van der Waals surface area contributed by atoms with Crippen LogP contribution in [0, 0.1) is 0 Å². The van der Waals surface area contributed by atoms with Crippen molar-refractivity contribution in [1.82, 2.24) is 19.7 Å². The Morgan fingerprint density at radius 2 is 1.94 bits per heavy atom. The number of sulfonamides is 1. The fraction of sp³-hybridized carbons (Fsp3) is 0.250. The zero-order valence-corrected chi connectivity index (χ0v) is 19.2. The predicted molar refractivity (Wildman–Crippen MR) is 119 cm³/mol. The van der Waals surface area contributed by atoms with E-state index in [2.05, 4.69) is 15.1 Å². The Morgan fingerprint density at radius 1 is 1.12 bits per heavy atom. The van der Waals surface area contributed by atoms with Crippen LogP contribution in [-0.2, 0) is 22.3 Å². The van der Waals surface area contributed by atoms with Crippen molar-refractivity contribution in [2.75, 3.05) is 14.2 Å². The largest absolute Gasteiger partial charge is 0.497 e. The summed E-state index contributed by atoms with van der Waals surface area (Å²) in [5.74, 6) is 2.44. The molecule has 0 aliphatic heterocycles. The van der Waals surface area contributed by atoms with Gasteiger partial charge in [0.2, 0.25) is 21.7 Å². The summed E-state index contributed by atoms with van der Waals surface area (Å²) in [7, 11) is -0.659. The van der Waals surface area contributed by atoms with Crippen LogP contribution in [0.1, 0.15) is 12.8 Å². The lowest BCUT2D eigenvalue weighted by Gasteiger charge is -2.07. The summed E-state index contributed by atoms with van der Waals surface area (Å²) in [4.78, 5) is 9.05. The minimum atomic E-state index is -3.80. The maximum absolute atomic E-state index is 11.6. The van der Waals surface area contributed by atoms with Gasteiger partial charge in [0.1, 0.15) is 11.5 Å². The zero-order valence-electron chi connectivity index (χ0n) is 17.6. The van der Waals surface area contributed by atoms with Crippen molar-refractivity contribution < 1.29 is 22.4 Å². The molecule has 4 rings (SSSR count). The summed E-state index contributed by atoms with van der Waals surface area (Å²) < 4.78 is 41.3. The van der Waals surface area contributed by atoms with Gasteiger partial charge in [-0.2, -0.15) is 4.98 Å². The Kier molecular flexibility index (Phi) is 6.09. The summed E-state index contributed by atoms with van der Waals surface area (Å²) in [6.45, 7) is 2.64. The number of thioether (sulfide) groups is 1. The summed E-state index contributed by atoms with van der Waals surface area (Å²) in [5.41, 5.74) is 2.05. The smallest absolute Gasteiger partial charge is 0.238 e. The molecule has 0 aliphatic rings. The number of ether oxygens (including phenoxy) is 2. The van der Waals surface area contributed by atoms with Crippen molar-refractivity contribution >= 4 is 32.8 Å². The van der Waals surface area contributed by atoms with E-state index in [1.807, 2.05) is 11.5 Å². The molecule has 32 heavy (non-hydrogen) atoms. The number of nitrogens with two attached hydrogens (primary N) is 1. The van der Waals surface area contributed by atoms with E-state index >= 15 is 0 Å². The number of hydrogen-bond acceptors (Lipinski definition) is 9. The average Bonchev–Trinajstić information content (AvgIpc) is 3.40. The van der Waals surface area contributed by atoms with Crippen molar-refractivity contribution in [3.05, 3.63) is 42.3 Å². The first-order valence-electron chi connectivity index (χ1n) is 9.55. The Morgan fingerprint density at radius 3 is 2.62 bits per heavy atom. The van der Waals surface area contributed by atoms with E-state index in [0.717, 1.165) is 5.52 Å². The first kappa shape index (κ1) is 22.1. The summed E-state index contributed by atoms with van der Waals surface area (Å²) in [6, 6.07) is 10.0. The lowest BCUT2D eigenvalue weighted by molar-refractivity contribution is 0.388. The number of rotatable bonds is 8. The number of nitrogens with zero attached hydrogens (tertiary/aromatic N) is 4. The van der Waals surface area contributed by atoms with Gasteiger partial charge < -0.3 is 18.6 Å². The van der Waals surface area contributed by atoms with Gasteiger partial charge in [-0.25, -0.2) is 18.5 Å². The lowest BCUT2D eigenvalue weighted by atomic mass is 10.2. The molecule has 0 saturated carbocycles. The molecular weight excluding hydrogens is 454 g/mol. The van der Waals surface area contributed by atoms with E-state index < -0.39 is 10.0 Å². The number of fused-ring (bicyclic) bond motifs is 1. The third-order valence-corrected chi connectivity index (χ3v) is 6.64. The monoisotopic (exact) mass is 475 g/mol. The Bertz CT molecular complexity index is 1380. The van der Waals surface area contributed by atoms with Gasteiger partial charge in [-0.1, -0.05) is 16.9 Å². The van der Waals surface area contributed by atoms with Crippen LogP contribution in [0.2, 0.25) is 0 Å². The number of aryl methyl sites for hydroxylation is 1. The highest BCUT2D eigenvalue weighted by Crippen LogP contribution is 2.33. The quantitative estimate of drug-likeness (QED) is 0.381. The van der Waals surface area contributed by atoms with E-state index in [1.54, 1.807) is 38.5 Å². The van der Waals surface area contributed by atoms with Gasteiger partial charge in [-0.15, -0.1) is 0 Å². The molecule has 0 amide bonds. The van der Waals surface area contributed by atoms with Gasteiger partial charge in [-0.05, 0) is 37.3 Å². The van der Waals surface area contributed by atoms with Crippen LogP contribution in [0.3, 0.4) is 0 Å². The number of aromatic nitrogens is 4. The fourth-order valence-electron chi connectivity index (χ4n) is 3.21. The first-order valence-corrected chi connectivity index (χ1v) is 12.1. The minimum absolute atomic E-state index is 0.0253. The fourth-order valence-corrected chi connectivity index (χ4v) is 4.66. The molecule has 10 nitrogen and oxygen atoms in total. The second-order valence-electron chi connectivity index (χ2n) is 6.70. The second-order valence-corrected chi connectivity index (χ2v) is 9.20. The maximum Gasteiger partial charge on any atom is 0.238 e. The molecule has 168 valence electrons. The summed E-state index contributed by atoms with van der Waals surface area (Å²) >= 11 is 1.41. The van der Waals surface area contributed by atoms with Gasteiger partial charge in [0.15, 0.2) is 5.16 Å². The van der Waals surface area contributed by atoms with Crippen LogP contribution in [0.4, 0.5) is 0 Å². The van der Waals surface area contributed by atoms with Gasteiger partial charge in [0.25, 0.3) is 0 Å². The van der Waals surface area contributed by atoms with Gasteiger partial charge >= 0.3 is 0 Å². The summed E-state index contributed by atoms with van der Waals surface area (Å²) in [5, 5.41) is 10.00. The van der Waals surface area contributed by atoms with Crippen molar-refractivity contribution in [1.29, 1.82) is 0 Å². The van der Waals surface area contributed by atoms with Crippen molar-refractivity contribution in [3.8, 4) is 22.9 Å². The third kappa shape index (κ3) is 4.29. The predicted octanol–water partition coefficient (Wildman–Crippen LogP) is 3.06. The number of primary sulfonamides is 1. The molecule has 0 fully saturated rings. The van der Waals surface area contributed by atoms with E-state index in [1.165, 1.54) is 23.9 Å². The highest BCUT2D eigenvalue weighted by molar-refractivity contribution is 7.98.